The summed E-state index contributed by atoms with van der Waals surface area (Å²) in [4.78, 5) is 24.9. The van der Waals surface area contributed by atoms with E-state index in [1.807, 2.05) is 0 Å². The summed E-state index contributed by atoms with van der Waals surface area (Å²) in [5.74, 6) is -0.489. The van der Waals surface area contributed by atoms with Crippen molar-refractivity contribution in [2.45, 2.75) is 0 Å². The van der Waals surface area contributed by atoms with E-state index in [1.54, 1.807) is 4.90 Å². The summed E-state index contributed by atoms with van der Waals surface area (Å²) in [6.07, 6.45) is 0. The van der Waals surface area contributed by atoms with Crippen molar-refractivity contribution < 1.29 is 9.31 Å². The van der Waals surface area contributed by atoms with Crippen molar-refractivity contribution >= 4 is 22.3 Å². The lowest BCUT2D eigenvalue weighted by Gasteiger charge is -2.30. The van der Waals surface area contributed by atoms with Gasteiger partial charge in [0.25, 0.3) is 0 Å². The number of nitrogens with zero attached hydrogens (tertiary/aromatic N) is 3. The number of nitro groups is 1. The van der Waals surface area contributed by atoms with Crippen LogP contribution in [0.1, 0.15) is 0 Å². The van der Waals surface area contributed by atoms with E-state index in [0.29, 0.717) is 37.1 Å². The van der Waals surface area contributed by atoms with Gasteiger partial charge in [-0.2, -0.15) is 0 Å². The van der Waals surface area contributed by atoms with Crippen LogP contribution in [0, 0.1) is 15.9 Å². The minimum absolute atomic E-state index is 0.212. The Balaban J connectivity index is 2.41. The van der Waals surface area contributed by atoms with Crippen molar-refractivity contribution in [2.24, 2.45) is 7.05 Å². The maximum Gasteiger partial charge on any atom is 0.357 e. The van der Waals surface area contributed by atoms with Crippen molar-refractivity contribution in [1.29, 1.82) is 0 Å². The van der Waals surface area contributed by atoms with Crippen molar-refractivity contribution in [2.75, 3.05) is 31.1 Å². The largest absolute Gasteiger partial charge is 0.363 e. The number of hydrogen-bond acceptors (Lipinski definition) is 5. The number of pyridine rings is 1. The zero-order valence-corrected chi connectivity index (χ0v) is 12.0. The van der Waals surface area contributed by atoms with E-state index in [9.17, 15) is 19.3 Å². The molecule has 116 valence electrons. The van der Waals surface area contributed by atoms with Crippen molar-refractivity contribution in [3.8, 4) is 0 Å². The smallest absolute Gasteiger partial charge is 0.357 e. The first-order valence-electron chi connectivity index (χ1n) is 6.93. The van der Waals surface area contributed by atoms with Gasteiger partial charge in [0.15, 0.2) is 0 Å². The quantitative estimate of drug-likeness (QED) is 0.661. The highest BCUT2D eigenvalue weighted by Gasteiger charge is 2.29. The molecule has 1 N–H and O–H groups in total. The summed E-state index contributed by atoms with van der Waals surface area (Å²) in [6.45, 7) is 2.37. The lowest BCUT2D eigenvalue weighted by atomic mass is 10.1. The van der Waals surface area contributed by atoms with Crippen LogP contribution < -0.4 is 15.8 Å². The Kier molecular flexibility index (Phi) is 3.53. The number of hydrogen-bond donors (Lipinski definition) is 1. The number of aromatic nitrogens is 1. The van der Waals surface area contributed by atoms with Crippen molar-refractivity contribution in [1.82, 2.24) is 9.88 Å². The first-order valence-corrected chi connectivity index (χ1v) is 6.93. The molecular weight excluding hydrogens is 291 g/mol. The number of anilines is 1. The van der Waals surface area contributed by atoms with Gasteiger partial charge in [0.1, 0.15) is 11.5 Å². The fourth-order valence-corrected chi connectivity index (χ4v) is 2.86. The molecule has 7 nitrogen and oxygen atoms in total. The Morgan fingerprint density at radius 3 is 2.64 bits per heavy atom. The van der Waals surface area contributed by atoms with Gasteiger partial charge in [-0.05, 0) is 18.2 Å². The Labute approximate surface area is 125 Å². The number of aryl methyl sites for hydroxylation is 1. The summed E-state index contributed by atoms with van der Waals surface area (Å²) in [5, 5.41) is 15.0. The lowest BCUT2D eigenvalue weighted by Crippen LogP contribution is -2.44. The van der Waals surface area contributed by atoms with Gasteiger partial charge in [-0.15, -0.1) is 0 Å². The highest BCUT2D eigenvalue weighted by atomic mass is 19.1. The molecule has 1 aromatic heterocycles. The molecule has 0 unspecified atom stereocenters. The molecule has 2 aromatic rings. The molecule has 1 aliphatic rings. The molecule has 1 fully saturated rings. The third kappa shape index (κ3) is 2.21. The predicted molar refractivity (Wildman–Crippen MR) is 80.9 cm³/mol. The maximum atomic E-state index is 13.7. The SMILES string of the molecule is Cn1c(=O)c([N+](=O)[O-])c(N2CCNCC2)c2cc(F)ccc21. The molecule has 3 rings (SSSR count). The summed E-state index contributed by atoms with van der Waals surface area (Å²) < 4.78 is 14.9. The molecule has 0 aliphatic carbocycles. The van der Waals surface area contributed by atoms with Crippen LogP contribution in [0.25, 0.3) is 10.9 Å². The second-order valence-electron chi connectivity index (χ2n) is 5.22. The maximum absolute atomic E-state index is 13.7. The summed E-state index contributed by atoms with van der Waals surface area (Å²) in [6, 6.07) is 3.97. The number of piperazine rings is 1. The van der Waals surface area contributed by atoms with Gasteiger partial charge >= 0.3 is 11.2 Å². The van der Waals surface area contributed by atoms with E-state index in [1.165, 1.54) is 29.8 Å². The molecule has 22 heavy (non-hydrogen) atoms. The van der Waals surface area contributed by atoms with E-state index in [-0.39, 0.29) is 5.69 Å². The van der Waals surface area contributed by atoms with Gasteiger partial charge in [-0.1, -0.05) is 0 Å². The van der Waals surface area contributed by atoms with Crippen LogP contribution in [0.15, 0.2) is 23.0 Å². The number of halogens is 1. The second kappa shape index (κ2) is 5.38. The van der Waals surface area contributed by atoms with E-state index < -0.39 is 22.0 Å². The Morgan fingerprint density at radius 2 is 2.00 bits per heavy atom. The van der Waals surface area contributed by atoms with Crippen LogP contribution in [0.3, 0.4) is 0 Å². The average Bonchev–Trinajstić information content (AvgIpc) is 2.51. The fourth-order valence-electron chi connectivity index (χ4n) is 2.86. The van der Waals surface area contributed by atoms with Gasteiger partial charge in [0.2, 0.25) is 0 Å². The zero-order valence-electron chi connectivity index (χ0n) is 12.0. The molecule has 1 aliphatic heterocycles. The Hall–Kier alpha value is -2.48. The molecule has 8 heteroatoms. The molecule has 0 saturated carbocycles. The number of nitrogens with one attached hydrogen (secondary N) is 1. The van der Waals surface area contributed by atoms with Gasteiger partial charge in [0, 0.05) is 38.6 Å². The third-order valence-corrected chi connectivity index (χ3v) is 3.92. The van der Waals surface area contributed by atoms with Crippen LogP contribution in [-0.2, 0) is 7.05 Å². The summed E-state index contributed by atoms with van der Waals surface area (Å²) in [5.41, 5.74) is -0.491. The normalized spacial score (nSPS) is 15.3. The fraction of sp³-hybridized carbons (Fsp3) is 0.357. The average molecular weight is 306 g/mol. The number of benzene rings is 1. The number of rotatable bonds is 2. The molecule has 2 heterocycles. The predicted octanol–water partition coefficient (Wildman–Crippen LogP) is 0.995. The molecule has 0 bridgehead atoms. The Bertz CT molecular complexity index is 812. The van der Waals surface area contributed by atoms with Crippen molar-refractivity contribution in [3.63, 3.8) is 0 Å². The van der Waals surface area contributed by atoms with Crippen LogP contribution in [0.5, 0.6) is 0 Å². The van der Waals surface area contributed by atoms with E-state index in [4.69, 9.17) is 0 Å². The molecule has 0 spiro atoms. The second-order valence-corrected chi connectivity index (χ2v) is 5.22. The highest BCUT2D eigenvalue weighted by molar-refractivity contribution is 5.96. The van der Waals surface area contributed by atoms with Gasteiger partial charge in [-0.3, -0.25) is 14.9 Å². The number of fused-ring (bicyclic) bond motifs is 1. The van der Waals surface area contributed by atoms with Crippen molar-refractivity contribution in [3.05, 3.63) is 44.5 Å². The molecule has 0 amide bonds. The molecular formula is C14H15FN4O3. The first kappa shape index (κ1) is 14.5. The summed E-state index contributed by atoms with van der Waals surface area (Å²) >= 11 is 0. The topological polar surface area (TPSA) is 80.4 Å². The Morgan fingerprint density at radius 1 is 1.32 bits per heavy atom. The van der Waals surface area contributed by atoms with E-state index in [2.05, 4.69) is 5.32 Å². The highest BCUT2D eigenvalue weighted by Crippen LogP contribution is 2.33. The summed E-state index contributed by atoms with van der Waals surface area (Å²) in [7, 11) is 1.46. The molecule has 0 radical (unpaired) electrons. The monoisotopic (exact) mass is 306 g/mol. The lowest BCUT2D eigenvalue weighted by molar-refractivity contribution is -0.385. The minimum Gasteiger partial charge on any atom is -0.363 e. The molecule has 1 aromatic carbocycles. The van der Waals surface area contributed by atoms with Gasteiger partial charge in [0.05, 0.1) is 10.4 Å². The van der Waals surface area contributed by atoms with Crippen LogP contribution in [0.4, 0.5) is 15.8 Å². The first-order chi connectivity index (χ1) is 10.5. The standard InChI is InChI=1S/C14H15FN4O3/c1-17-11-3-2-9(15)8-10(11)12(13(14(17)20)19(21)22)18-6-4-16-5-7-18/h2-3,8,16H,4-7H2,1H3. The van der Waals surface area contributed by atoms with Crippen LogP contribution in [-0.4, -0.2) is 35.7 Å². The third-order valence-electron chi connectivity index (χ3n) is 3.92. The molecule has 1 saturated heterocycles. The van der Waals surface area contributed by atoms with Crippen LogP contribution >= 0.6 is 0 Å². The van der Waals surface area contributed by atoms with Gasteiger partial charge in [-0.25, -0.2) is 4.39 Å². The molecule has 0 atom stereocenters. The van der Waals surface area contributed by atoms with Crippen LogP contribution in [0.2, 0.25) is 0 Å². The van der Waals surface area contributed by atoms with E-state index in [0.717, 1.165) is 0 Å². The van der Waals surface area contributed by atoms with Gasteiger partial charge < -0.3 is 14.8 Å². The van der Waals surface area contributed by atoms with E-state index >= 15 is 0 Å². The zero-order chi connectivity index (χ0) is 15.9. The minimum atomic E-state index is -0.683.